The molecule has 7 nitrogen and oxygen atoms in total. The lowest BCUT2D eigenvalue weighted by atomic mass is 10.2. The molecule has 0 atom stereocenters. The van der Waals surface area contributed by atoms with Crippen molar-refractivity contribution in [2.75, 3.05) is 25.1 Å². The van der Waals surface area contributed by atoms with Crippen LogP contribution in [0.1, 0.15) is 26.2 Å². The normalized spacial score (nSPS) is 16.1. The second-order valence-corrected chi connectivity index (χ2v) is 5.78. The Morgan fingerprint density at radius 2 is 2.25 bits per heavy atom. The molecule has 1 aliphatic rings. The van der Waals surface area contributed by atoms with E-state index in [1.165, 1.54) is 18.1 Å². The fourth-order valence-corrected chi connectivity index (χ4v) is 3.07. The van der Waals surface area contributed by atoms with Gasteiger partial charge in [-0.05, 0) is 19.3 Å². The molecule has 0 spiro atoms. The maximum atomic E-state index is 11.3. The van der Waals surface area contributed by atoms with E-state index in [4.69, 9.17) is 4.74 Å². The molecule has 1 aromatic rings. The first-order valence-corrected chi connectivity index (χ1v) is 7.58. The van der Waals surface area contributed by atoms with Crippen LogP contribution in [-0.2, 0) is 4.74 Å². The molecule has 0 aromatic carbocycles. The lowest BCUT2D eigenvalue weighted by Gasteiger charge is -2.20. The monoisotopic (exact) mass is 298 g/mol. The van der Waals surface area contributed by atoms with Crippen molar-refractivity contribution >= 4 is 23.3 Å². The number of hydrogen-bond donors (Lipinski definition) is 1. The fourth-order valence-electron chi connectivity index (χ4n) is 1.94. The molecule has 2 rings (SSSR count). The molecule has 0 bridgehead atoms. The highest BCUT2D eigenvalue weighted by atomic mass is 32.2. The van der Waals surface area contributed by atoms with E-state index >= 15 is 0 Å². The van der Waals surface area contributed by atoms with Crippen LogP contribution in [-0.4, -0.2) is 39.9 Å². The minimum Gasteiger partial charge on any atom is -0.381 e. The average molecular weight is 298 g/mol. The van der Waals surface area contributed by atoms with Gasteiger partial charge in [-0.3, -0.25) is 10.1 Å². The molecule has 20 heavy (non-hydrogen) atoms. The van der Waals surface area contributed by atoms with Crippen molar-refractivity contribution in [3.05, 3.63) is 16.4 Å². The molecular weight excluding hydrogens is 280 g/mol. The van der Waals surface area contributed by atoms with Crippen molar-refractivity contribution in [1.29, 1.82) is 0 Å². The SMILES string of the molecule is CCCNc1ncnc(SC2CCOCC2)c1[N+](=O)[O-]. The number of anilines is 1. The van der Waals surface area contributed by atoms with Crippen molar-refractivity contribution in [2.45, 2.75) is 36.5 Å². The summed E-state index contributed by atoms with van der Waals surface area (Å²) in [5.74, 6) is 0.307. The van der Waals surface area contributed by atoms with Crippen LogP contribution in [0, 0.1) is 10.1 Å². The molecule has 0 saturated carbocycles. The maximum Gasteiger partial charge on any atom is 0.343 e. The van der Waals surface area contributed by atoms with E-state index in [0.717, 1.165) is 19.3 Å². The minimum atomic E-state index is -0.403. The highest BCUT2D eigenvalue weighted by Gasteiger charge is 2.26. The van der Waals surface area contributed by atoms with Gasteiger partial charge < -0.3 is 10.1 Å². The fraction of sp³-hybridized carbons (Fsp3) is 0.667. The van der Waals surface area contributed by atoms with Gasteiger partial charge in [-0.2, -0.15) is 0 Å². The number of nitrogens with zero attached hydrogens (tertiary/aromatic N) is 3. The number of thioether (sulfide) groups is 1. The molecule has 110 valence electrons. The Hall–Kier alpha value is -1.41. The second kappa shape index (κ2) is 7.39. The summed E-state index contributed by atoms with van der Waals surface area (Å²) in [5.41, 5.74) is -0.0163. The zero-order valence-electron chi connectivity index (χ0n) is 11.4. The van der Waals surface area contributed by atoms with Crippen molar-refractivity contribution in [1.82, 2.24) is 9.97 Å². The Labute approximate surface area is 121 Å². The number of aromatic nitrogens is 2. The first kappa shape index (κ1) is 15.0. The zero-order chi connectivity index (χ0) is 14.4. The van der Waals surface area contributed by atoms with Gasteiger partial charge >= 0.3 is 5.69 Å². The van der Waals surface area contributed by atoms with Crippen LogP contribution in [0.5, 0.6) is 0 Å². The van der Waals surface area contributed by atoms with Crippen molar-refractivity contribution < 1.29 is 9.66 Å². The van der Waals surface area contributed by atoms with Crippen molar-refractivity contribution in [3.8, 4) is 0 Å². The van der Waals surface area contributed by atoms with Gasteiger partial charge in [-0.1, -0.05) is 18.7 Å². The second-order valence-electron chi connectivity index (χ2n) is 4.49. The Kier molecular flexibility index (Phi) is 5.54. The van der Waals surface area contributed by atoms with Gasteiger partial charge in [0.15, 0.2) is 5.03 Å². The Morgan fingerprint density at radius 1 is 1.50 bits per heavy atom. The van der Waals surface area contributed by atoms with Gasteiger partial charge in [0.05, 0.1) is 4.92 Å². The topological polar surface area (TPSA) is 90.2 Å². The standard InChI is InChI=1S/C12H18N4O3S/c1-2-5-13-11-10(16(17)18)12(15-8-14-11)20-9-3-6-19-7-4-9/h8-9H,2-7H2,1H3,(H,13,14,15). The first-order valence-electron chi connectivity index (χ1n) is 6.70. The van der Waals surface area contributed by atoms with E-state index in [2.05, 4.69) is 15.3 Å². The molecule has 0 unspecified atom stereocenters. The Balaban J connectivity index is 2.19. The lowest BCUT2D eigenvalue weighted by molar-refractivity contribution is -0.387. The minimum absolute atomic E-state index is 0.0163. The van der Waals surface area contributed by atoms with Gasteiger partial charge in [-0.25, -0.2) is 9.97 Å². The number of nitro groups is 1. The summed E-state index contributed by atoms with van der Waals surface area (Å²) in [7, 11) is 0. The van der Waals surface area contributed by atoms with Crippen LogP contribution in [0.25, 0.3) is 0 Å². The van der Waals surface area contributed by atoms with E-state index in [1.807, 2.05) is 6.92 Å². The summed E-state index contributed by atoms with van der Waals surface area (Å²) in [6.45, 7) is 4.06. The van der Waals surface area contributed by atoms with E-state index < -0.39 is 4.92 Å². The van der Waals surface area contributed by atoms with Gasteiger partial charge in [-0.15, -0.1) is 0 Å². The summed E-state index contributed by atoms with van der Waals surface area (Å²) < 4.78 is 5.30. The summed E-state index contributed by atoms with van der Waals surface area (Å²) in [5, 5.41) is 15.0. The van der Waals surface area contributed by atoms with Crippen LogP contribution in [0.4, 0.5) is 11.5 Å². The molecule has 1 N–H and O–H groups in total. The quantitative estimate of drug-likeness (QED) is 0.490. The van der Waals surface area contributed by atoms with Gasteiger partial charge in [0.1, 0.15) is 6.33 Å². The van der Waals surface area contributed by atoms with Gasteiger partial charge in [0.25, 0.3) is 0 Å². The molecule has 8 heteroatoms. The lowest BCUT2D eigenvalue weighted by Crippen LogP contribution is -2.18. The van der Waals surface area contributed by atoms with Crippen LogP contribution < -0.4 is 5.32 Å². The van der Waals surface area contributed by atoms with Gasteiger partial charge in [0, 0.05) is 25.0 Å². The van der Waals surface area contributed by atoms with Crippen LogP contribution in [0.2, 0.25) is 0 Å². The van der Waals surface area contributed by atoms with Crippen LogP contribution in [0.3, 0.4) is 0 Å². The molecule has 1 aliphatic heterocycles. The maximum absolute atomic E-state index is 11.3. The summed E-state index contributed by atoms with van der Waals surface area (Å²) in [4.78, 5) is 19.0. The summed E-state index contributed by atoms with van der Waals surface area (Å²) in [6.07, 6.45) is 4.04. The largest absolute Gasteiger partial charge is 0.381 e. The Morgan fingerprint density at radius 3 is 2.90 bits per heavy atom. The molecule has 0 radical (unpaired) electrons. The molecular formula is C12H18N4O3S. The van der Waals surface area contributed by atoms with E-state index in [1.54, 1.807) is 0 Å². The molecule has 2 heterocycles. The van der Waals surface area contributed by atoms with E-state index in [0.29, 0.717) is 35.9 Å². The van der Waals surface area contributed by atoms with Crippen molar-refractivity contribution in [3.63, 3.8) is 0 Å². The van der Waals surface area contributed by atoms with E-state index in [-0.39, 0.29) is 5.69 Å². The van der Waals surface area contributed by atoms with Crippen LogP contribution >= 0.6 is 11.8 Å². The molecule has 1 aromatic heterocycles. The number of nitrogens with one attached hydrogen (secondary N) is 1. The zero-order valence-corrected chi connectivity index (χ0v) is 12.2. The summed E-state index contributed by atoms with van der Waals surface area (Å²) >= 11 is 1.45. The molecule has 1 fully saturated rings. The molecule has 1 saturated heterocycles. The first-order chi connectivity index (χ1) is 9.72. The predicted octanol–water partition coefficient (Wildman–Crippen LogP) is 2.48. The van der Waals surface area contributed by atoms with E-state index in [9.17, 15) is 10.1 Å². The highest BCUT2D eigenvalue weighted by Crippen LogP contribution is 2.37. The predicted molar refractivity (Wildman–Crippen MR) is 77.2 cm³/mol. The average Bonchev–Trinajstić information content (AvgIpc) is 2.46. The smallest absolute Gasteiger partial charge is 0.343 e. The van der Waals surface area contributed by atoms with Crippen molar-refractivity contribution in [2.24, 2.45) is 0 Å². The molecule has 0 amide bonds. The summed E-state index contributed by atoms with van der Waals surface area (Å²) in [6, 6.07) is 0. The Bertz CT molecular complexity index is 466. The van der Waals surface area contributed by atoms with Gasteiger partial charge in [0.2, 0.25) is 5.82 Å². The highest BCUT2D eigenvalue weighted by molar-refractivity contribution is 8.00. The third-order valence-corrected chi connectivity index (χ3v) is 4.29. The van der Waals surface area contributed by atoms with Crippen LogP contribution in [0.15, 0.2) is 11.4 Å². The number of ether oxygens (including phenoxy) is 1. The molecule has 0 aliphatic carbocycles. The number of rotatable bonds is 6. The third kappa shape index (κ3) is 3.80. The third-order valence-electron chi connectivity index (χ3n) is 2.96. The number of hydrogen-bond acceptors (Lipinski definition) is 7.